The molecule has 1 heterocycles. The molecule has 4 nitrogen and oxygen atoms in total. The molecule has 0 saturated carbocycles. The number of piperazine rings is 1. The van der Waals surface area contributed by atoms with Crippen LogP contribution in [0.4, 0.5) is 5.69 Å². The van der Waals surface area contributed by atoms with Crippen LogP contribution in [0.2, 0.25) is 0 Å². The molecule has 0 aromatic heterocycles. The van der Waals surface area contributed by atoms with Gasteiger partial charge < -0.3 is 15.1 Å². The van der Waals surface area contributed by atoms with Crippen molar-refractivity contribution in [1.82, 2.24) is 10.2 Å². The number of para-hydroxylation sites is 1. The first-order valence-corrected chi connectivity index (χ1v) is 8.57. The molecule has 126 valence electrons. The smallest absolute Gasteiger partial charge is 0.242 e. The number of hydrogen-bond acceptors (Lipinski definition) is 3. The van der Waals surface area contributed by atoms with Crippen molar-refractivity contribution in [1.29, 1.82) is 0 Å². The summed E-state index contributed by atoms with van der Waals surface area (Å²) in [7, 11) is 0. The van der Waals surface area contributed by atoms with E-state index < -0.39 is 0 Å². The van der Waals surface area contributed by atoms with E-state index in [0.717, 1.165) is 31.9 Å². The molecular formula is C20H25N3O. The van der Waals surface area contributed by atoms with E-state index in [9.17, 15) is 4.79 Å². The van der Waals surface area contributed by atoms with Gasteiger partial charge in [-0.3, -0.25) is 4.79 Å². The Labute approximate surface area is 144 Å². The molecule has 3 rings (SSSR count). The predicted octanol–water partition coefficient (Wildman–Crippen LogP) is 2.51. The fraction of sp³-hybridized carbons (Fsp3) is 0.350. The third-order valence-electron chi connectivity index (χ3n) is 4.39. The first kappa shape index (κ1) is 16.5. The third-order valence-corrected chi connectivity index (χ3v) is 4.39. The standard InChI is InChI=1S/C20H25N3O/c1-17-14-22(13-12-21-17)20(24)16-23(19-10-6-3-7-11-19)15-18-8-4-2-5-9-18/h2-11,17,21H,12-16H2,1H3/t17-/m1/s1. The summed E-state index contributed by atoms with van der Waals surface area (Å²) in [5, 5.41) is 3.38. The second-order valence-corrected chi connectivity index (χ2v) is 6.37. The lowest BCUT2D eigenvalue weighted by molar-refractivity contribution is -0.130. The van der Waals surface area contributed by atoms with E-state index in [1.807, 2.05) is 41.3 Å². The van der Waals surface area contributed by atoms with E-state index in [2.05, 4.69) is 41.4 Å². The van der Waals surface area contributed by atoms with Gasteiger partial charge in [0.15, 0.2) is 0 Å². The SMILES string of the molecule is C[C@@H]1CN(C(=O)CN(Cc2ccccc2)c2ccccc2)CCN1. The molecule has 0 radical (unpaired) electrons. The van der Waals surface area contributed by atoms with Gasteiger partial charge in [-0.15, -0.1) is 0 Å². The summed E-state index contributed by atoms with van der Waals surface area (Å²) in [6, 6.07) is 20.8. The molecular weight excluding hydrogens is 298 g/mol. The Hall–Kier alpha value is -2.33. The van der Waals surface area contributed by atoms with Crippen LogP contribution in [0.3, 0.4) is 0 Å². The fourth-order valence-corrected chi connectivity index (χ4v) is 3.10. The van der Waals surface area contributed by atoms with Gasteiger partial charge in [0, 0.05) is 37.9 Å². The average molecular weight is 323 g/mol. The largest absolute Gasteiger partial charge is 0.358 e. The maximum atomic E-state index is 12.8. The Balaban J connectivity index is 1.73. The average Bonchev–Trinajstić information content (AvgIpc) is 2.63. The van der Waals surface area contributed by atoms with Crippen LogP contribution in [-0.4, -0.2) is 43.0 Å². The van der Waals surface area contributed by atoms with E-state index in [1.165, 1.54) is 5.56 Å². The highest BCUT2D eigenvalue weighted by Crippen LogP contribution is 2.17. The van der Waals surface area contributed by atoms with Crippen molar-refractivity contribution in [2.24, 2.45) is 0 Å². The molecule has 1 amide bonds. The van der Waals surface area contributed by atoms with Crippen LogP contribution in [0.25, 0.3) is 0 Å². The van der Waals surface area contributed by atoms with Crippen LogP contribution in [0.1, 0.15) is 12.5 Å². The molecule has 2 aromatic carbocycles. The minimum Gasteiger partial charge on any atom is -0.358 e. The molecule has 2 aromatic rings. The van der Waals surface area contributed by atoms with Gasteiger partial charge in [-0.25, -0.2) is 0 Å². The van der Waals surface area contributed by atoms with Gasteiger partial charge in [0.2, 0.25) is 5.91 Å². The number of nitrogens with one attached hydrogen (secondary N) is 1. The first-order chi connectivity index (χ1) is 11.7. The van der Waals surface area contributed by atoms with Gasteiger partial charge in [-0.05, 0) is 24.6 Å². The summed E-state index contributed by atoms with van der Waals surface area (Å²) in [4.78, 5) is 16.9. The van der Waals surface area contributed by atoms with Crippen LogP contribution in [-0.2, 0) is 11.3 Å². The van der Waals surface area contributed by atoms with Gasteiger partial charge in [-0.2, -0.15) is 0 Å². The zero-order chi connectivity index (χ0) is 16.8. The number of amides is 1. The van der Waals surface area contributed by atoms with Crippen molar-refractivity contribution in [3.8, 4) is 0 Å². The minimum absolute atomic E-state index is 0.197. The second kappa shape index (κ2) is 7.97. The van der Waals surface area contributed by atoms with E-state index in [-0.39, 0.29) is 5.91 Å². The van der Waals surface area contributed by atoms with E-state index in [4.69, 9.17) is 0 Å². The topological polar surface area (TPSA) is 35.6 Å². The summed E-state index contributed by atoms with van der Waals surface area (Å²) in [5.74, 6) is 0.197. The Bertz CT molecular complexity index is 644. The zero-order valence-corrected chi connectivity index (χ0v) is 14.2. The normalized spacial score (nSPS) is 17.5. The fourth-order valence-electron chi connectivity index (χ4n) is 3.10. The van der Waals surface area contributed by atoms with Crippen LogP contribution in [0.15, 0.2) is 60.7 Å². The summed E-state index contributed by atoms with van der Waals surface area (Å²) in [6.45, 7) is 5.71. The lowest BCUT2D eigenvalue weighted by atomic mass is 10.2. The zero-order valence-electron chi connectivity index (χ0n) is 14.2. The maximum absolute atomic E-state index is 12.8. The maximum Gasteiger partial charge on any atom is 0.242 e. The van der Waals surface area contributed by atoms with Crippen molar-refractivity contribution in [3.63, 3.8) is 0 Å². The predicted molar refractivity (Wildman–Crippen MR) is 98.0 cm³/mol. The Morgan fingerprint density at radius 2 is 1.79 bits per heavy atom. The van der Waals surface area contributed by atoms with Crippen LogP contribution in [0, 0.1) is 0 Å². The third kappa shape index (κ3) is 4.36. The molecule has 0 aliphatic carbocycles. The first-order valence-electron chi connectivity index (χ1n) is 8.57. The lowest BCUT2D eigenvalue weighted by Crippen LogP contribution is -2.53. The van der Waals surface area contributed by atoms with E-state index >= 15 is 0 Å². The quantitative estimate of drug-likeness (QED) is 0.918. The molecule has 0 unspecified atom stereocenters. The van der Waals surface area contributed by atoms with Crippen LogP contribution < -0.4 is 10.2 Å². The second-order valence-electron chi connectivity index (χ2n) is 6.37. The number of benzene rings is 2. The molecule has 1 N–H and O–H groups in total. The van der Waals surface area contributed by atoms with Gasteiger partial charge in [-0.1, -0.05) is 48.5 Å². The summed E-state index contributed by atoms with van der Waals surface area (Å²) < 4.78 is 0. The minimum atomic E-state index is 0.197. The highest BCUT2D eigenvalue weighted by Gasteiger charge is 2.22. The molecule has 1 saturated heterocycles. The monoisotopic (exact) mass is 323 g/mol. The molecule has 0 bridgehead atoms. The molecule has 4 heteroatoms. The number of carbonyl (C=O) groups is 1. The van der Waals surface area contributed by atoms with Gasteiger partial charge in [0.25, 0.3) is 0 Å². The molecule has 1 aliphatic rings. The van der Waals surface area contributed by atoms with Gasteiger partial charge in [0.05, 0.1) is 6.54 Å². The number of anilines is 1. The van der Waals surface area contributed by atoms with Crippen LogP contribution in [0.5, 0.6) is 0 Å². The van der Waals surface area contributed by atoms with Crippen molar-refractivity contribution in [3.05, 3.63) is 66.2 Å². The van der Waals surface area contributed by atoms with E-state index in [0.29, 0.717) is 12.6 Å². The molecule has 1 aliphatic heterocycles. The highest BCUT2D eigenvalue weighted by molar-refractivity contribution is 5.81. The van der Waals surface area contributed by atoms with Crippen molar-refractivity contribution in [2.75, 3.05) is 31.1 Å². The van der Waals surface area contributed by atoms with Crippen molar-refractivity contribution < 1.29 is 4.79 Å². The lowest BCUT2D eigenvalue weighted by Gasteiger charge is -2.34. The van der Waals surface area contributed by atoms with Crippen LogP contribution >= 0.6 is 0 Å². The number of carbonyl (C=O) groups excluding carboxylic acids is 1. The number of rotatable bonds is 5. The Morgan fingerprint density at radius 3 is 2.46 bits per heavy atom. The van der Waals surface area contributed by atoms with Gasteiger partial charge >= 0.3 is 0 Å². The molecule has 1 fully saturated rings. The molecule has 0 spiro atoms. The Morgan fingerprint density at radius 1 is 1.12 bits per heavy atom. The summed E-state index contributed by atoms with van der Waals surface area (Å²) >= 11 is 0. The molecule has 1 atom stereocenters. The number of hydrogen-bond donors (Lipinski definition) is 1. The van der Waals surface area contributed by atoms with E-state index in [1.54, 1.807) is 0 Å². The van der Waals surface area contributed by atoms with Crippen molar-refractivity contribution >= 4 is 11.6 Å². The summed E-state index contributed by atoms with van der Waals surface area (Å²) in [6.07, 6.45) is 0. The summed E-state index contributed by atoms with van der Waals surface area (Å²) in [5.41, 5.74) is 2.29. The highest BCUT2D eigenvalue weighted by atomic mass is 16.2. The Kier molecular flexibility index (Phi) is 5.49. The molecule has 24 heavy (non-hydrogen) atoms. The van der Waals surface area contributed by atoms with Crippen molar-refractivity contribution in [2.45, 2.75) is 19.5 Å². The number of nitrogens with zero attached hydrogens (tertiary/aromatic N) is 2. The van der Waals surface area contributed by atoms with Gasteiger partial charge in [0.1, 0.15) is 0 Å².